The summed E-state index contributed by atoms with van der Waals surface area (Å²) in [4.78, 5) is 17.8. The number of aromatic nitrogens is 4. The topological polar surface area (TPSA) is 71.3 Å². The molecule has 0 radical (unpaired) electrons. The van der Waals surface area contributed by atoms with Crippen molar-refractivity contribution in [3.63, 3.8) is 0 Å². The fourth-order valence-corrected chi connectivity index (χ4v) is 5.32. The van der Waals surface area contributed by atoms with Gasteiger partial charge in [0.1, 0.15) is 17.5 Å². The first-order valence-corrected chi connectivity index (χ1v) is 13.3. The van der Waals surface area contributed by atoms with Crippen LogP contribution in [0.3, 0.4) is 0 Å². The summed E-state index contributed by atoms with van der Waals surface area (Å²) in [6, 6.07) is 15.7. The van der Waals surface area contributed by atoms with Gasteiger partial charge in [-0.25, -0.2) is 18.2 Å². The number of anilines is 3. The van der Waals surface area contributed by atoms with Gasteiger partial charge >= 0.3 is 0 Å². The van der Waals surface area contributed by atoms with Gasteiger partial charge in [-0.2, -0.15) is 9.97 Å². The summed E-state index contributed by atoms with van der Waals surface area (Å²) in [6.45, 7) is 4.58. The van der Waals surface area contributed by atoms with Gasteiger partial charge in [-0.3, -0.25) is 4.57 Å². The van der Waals surface area contributed by atoms with Gasteiger partial charge < -0.3 is 19.9 Å². The van der Waals surface area contributed by atoms with E-state index >= 15 is 0 Å². The highest BCUT2D eigenvalue weighted by atomic mass is 19.3. The Labute approximate surface area is 224 Å². The highest BCUT2D eigenvalue weighted by molar-refractivity contribution is 5.78. The van der Waals surface area contributed by atoms with Crippen LogP contribution in [0.1, 0.15) is 25.1 Å². The average Bonchev–Trinajstić information content (AvgIpc) is 3.37. The molecule has 2 aliphatic rings. The quantitative estimate of drug-likeness (QED) is 0.354. The lowest BCUT2D eigenvalue weighted by Crippen LogP contribution is -2.37. The monoisotopic (exact) mass is 537 g/mol. The number of piperidine rings is 1. The van der Waals surface area contributed by atoms with Crippen molar-refractivity contribution in [1.82, 2.24) is 19.5 Å². The van der Waals surface area contributed by atoms with Crippen LogP contribution in [0.15, 0.2) is 54.6 Å². The maximum Gasteiger partial charge on any atom is 0.296 e. The van der Waals surface area contributed by atoms with Crippen molar-refractivity contribution in [3.05, 3.63) is 66.2 Å². The summed E-state index contributed by atoms with van der Waals surface area (Å²) in [7, 11) is 0. The molecule has 4 aromatic rings. The Balaban J connectivity index is 1.25. The molecule has 204 valence electrons. The number of imidazole rings is 1. The largest absolute Gasteiger partial charge is 0.378 e. The van der Waals surface area contributed by atoms with E-state index in [-0.39, 0.29) is 11.6 Å². The van der Waals surface area contributed by atoms with E-state index < -0.39 is 6.43 Å². The zero-order valence-corrected chi connectivity index (χ0v) is 21.4. The Morgan fingerprint density at radius 2 is 1.59 bits per heavy atom. The molecule has 11 heteroatoms. The first-order chi connectivity index (χ1) is 19.1. The molecule has 2 saturated heterocycles. The second kappa shape index (κ2) is 11.1. The predicted molar refractivity (Wildman–Crippen MR) is 144 cm³/mol. The van der Waals surface area contributed by atoms with Crippen molar-refractivity contribution in [1.29, 1.82) is 0 Å². The molecule has 4 heterocycles. The Morgan fingerprint density at radius 1 is 0.872 bits per heavy atom. The molecule has 0 spiro atoms. The van der Waals surface area contributed by atoms with Crippen LogP contribution in [-0.2, 0) is 4.74 Å². The van der Waals surface area contributed by atoms with Crippen molar-refractivity contribution in [2.24, 2.45) is 5.92 Å². The third-order valence-electron chi connectivity index (χ3n) is 7.40. The molecule has 0 aliphatic carbocycles. The normalized spacial score (nSPS) is 16.8. The molecular weight excluding hydrogens is 507 g/mol. The second-order valence-electron chi connectivity index (χ2n) is 9.86. The van der Waals surface area contributed by atoms with Crippen LogP contribution < -0.4 is 15.1 Å². The maximum atomic E-state index is 14.2. The Morgan fingerprint density at radius 3 is 2.36 bits per heavy atom. The maximum absolute atomic E-state index is 14.2. The molecule has 6 rings (SSSR count). The minimum atomic E-state index is -2.77. The molecule has 0 saturated carbocycles. The summed E-state index contributed by atoms with van der Waals surface area (Å²) in [6.07, 6.45) is -0.992. The van der Waals surface area contributed by atoms with E-state index in [2.05, 4.69) is 25.1 Å². The SMILES string of the molecule is Fc1ccccc1N1CCC(CNc2nc(N3CCOCC3)cc(-n3c(C(F)F)nc4ccccc43)n2)CC1. The number of para-hydroxylation sites is 3. The molecule has 2 aromatic heterocycles. The molecule has 8 nitrogen and oxygen atoms in total. The van der Waals surface area contributed by atoms with Gasteiger partial charge in [0.15, 0.2) is 5.82 Å². The van der Waals surface area contributed by atoms with Crippen molar-refractivity contribution < 1.29 is 17.9 Å². The summed E-state index contributed by atoms with van der Waals surface area (Å²) in [5.74, 6) is 1.16. The Kier molecular flexibility index (Phi) is 7.23. The lowest BCUT2D eigenvalue weighted by molar-refractivity contribution is 0.122. The number of nitrogens with zero attached hydrogens (tertiary/aromatic N) is 6. The predicted octanol–water partition coefficient (Wildman–Crippen LogP) is 5.06. The molecule has 2 aliphatic heterocycles. The average molecular weight is 538 g/mol. The van der Waals surface area contributed by atoms with Gasteiger partial charge in [-0.1, -0.05) is 24.3 Å². The molecule has 39 heavy (non-hydrogen) atoms. The number of hydrogen-bond donors (Lipinski definition) is 1. The number of benzene rings is 2. The smallest absolute Gasteiger partial charge is 0.296 e. The Bertz CT molecular complexity index is 1430. The van der Waals surface area contributed by atoms with Crippen LogP contribution >= 0.6 is 0 Å². The molecule has 2 fully saturated rings. The molecule has 0 bridgehead atoms. The number of hydrogen-bond acceptors (Lipinski definition) is 7. The van der Waals surface area contributed by atoms with E-state index in [1.54, 1.807) is 36.4 Å². The molecular formula is C28H30F3N7O. The van der Waals surface area contributed by atoms with E-state index in [0.29, 0.717) is 73.1 Å². The van der Waals surface area contributed by atoms with Crippen LogP contribution in [-0.4, -0.2) is 65.5 Å². The van der Waals surface area contributed by atoms with E-state index in [1.807, 2.05) is 12.1 Å². The van der Waals surface area contributed by atoms with Gasteiger partial charge in [0, 0.05) is 38.8 Å². The van der Waals surface area contributed by atoms with Gasteiger partial charge in [-0.05, 0) is 43.0 Å². The van der Waals surface area contributed by atoms with E-state index in [4.69, 9.17) is 9.72 Å². The highest BCUT2D eigenvalue weighted by Gasteiger charge is 2.25. The number of nitrogens with one attached hydrogen (secondary N) is 1. The minimum Gasteiger partial charge on any atom is -0.378 e. The van der Waals surface area contributed by atoms with Crippen LogP contribution in [0, 0.1) is 11.7 Å². The van der Waals surface area contributed by atoms with Gasteiger partial charge in [0.25, 0.3) is 6.43 Å². The van der Waals surface area contributed by atoms with E-state index in [9.17, 15) is 13.2 Å². The van der Waals surface area contributed by atoms with Crippen LogP contribution in [0.25, 0.3) is 16.9 Å². The third kappa shape index (κ3) is 5.36. The first kappa shape index (κ1) is 25.4. The van der Waals surface area contributed by atoms with Crippen LogP contribution in [0.2, 0.25) is 0 Å². The van der Waals surface area contributed by atoms with E-state index in [0.717, 1.165) is 25.9 Å². The minimum absolute atomic E-state index is 0.204. The zero-order chi connectivity index (χ0) is 26.8. The van der Waals surface area contributed by atoms with Crippen molar-refractivity contribution in [2.75, 3.05) is 61.1 Å². The number of halogens is 3. The van der Waals surface area contributed by atoms with Crippen molar-refractivity contribution in [2.45, 2.75) is 19.3 Å². The number of alkyl halides is 2. The Hall–Kier alpha value is -3.86. The molecule has 0 unspecified atom stereocenters. The lowest BCUT2D eigenvalue weighted by Gasteiger charge is -2.34. The van der Waals surface area contributed by atoms with E-state index in [1.165, 1.54) is 10.6 Å². The first-order valence-electron chi connectivity index (χ1n) is 13.3. The summed E-state index contributed by atoms with van der Waals surface area (Å²) in [5.41, 5.74) is 1.68. The second-order valence-corrected chi connectivity index (χ2v) is 9.86. The zero-order valence-electron chi connectivity index (χ0n) is 21.4. The number of fused-ring (bicyclic) bond motifs is 1. The molecule has 0 amide bonds. The highest BCUT2D eigenvalue weighted by Crippen LogP contribution is 2.30. The van der Waals surface area contributed by atoms with Crippen molar-refractivity contribution >= 4 is 28.5 Å². The number of ether oxygens (including phenoxy) is 1. The molecule has 0 atom stereocenters. The fraction of sp³-hybridized carbons (Fsp3) is 0.393. The third-order valence-corrected chi connectivity index (χ3v) is 7.40. The molecule has 2 aromatic carbocycles. The van der Waals surface area contributed by atoms with Gasteiger partial charge in [-0.15, -0.1) is 0 Å². The van der Waals surface area contributed by atoms with Crippen molar-refractivity contribution in [3.8, 4) is 5.82 Å². The van der Waals surface area contributed by atoms with Gasteiger partial charge in [0.2, 0.25) is 5.95 Å². The summed E-state index contributed by atoms with van der Waals surface area (Å²) in [5, 5.41) is 3.36. The lowest BCUT2D eigenvalue weighted by atomic mass is 9.96. The fourth-order valence-electron chi connectivity index (χ4n) is 5.32. The van der Waals surface area contributed by atoms with Crippen LogP contribution in [0.5, 0.6) is 0 Å². The van der Waals surface area contributed by atoms with Gasteiger partial charge in [0.05, 0.1) is 29.9 Å². The number of morpholine rings is 1. The standard InChI is InChI=1S/C28H30F3N7O/c29-20-5-1-3-7-22(20)36-11-9-19(10-12-36)18-32-28-34-24(37-13-15-39-16-14-37)17-25(35-28)38-23-8-4-2-6-21(23)33-27(38)26(30)31/h1-8,17,19,26H,9-16,18H2,(H,32,34,35). The number of rotatable bonds is 7. The van der Waals surface area contributed by atoms with Crippen LogP contribution in [0.4, 0.5) is 30.6 Å². The summed E-state index contributed by atoms with van der Waals surface area (Å²) >= 11 is 0. The summed E-state index contributed by atoms with van der Waals surface area (Å²) < 4.78 is 49.3. The molecule has 1 N–H and O–H groups in total.